The maximum Gasteiger partial charge on any atom is 0.337 e. The van der Waals surface area contributed by atoms with E-state index in [4.69, 9.17) is 0 Å². The molecule has 2 aromatic heterocycles. The van der Waals surface area contributed by atoms with E-state index in [1.54, 1.807) is 23.1 Å². The second kappa shape index (κ2) is 8.02. The van der Waals surface area contributed by atoms with Crippen LogP contribution in [0.5, 0.6) is 0 Å². The van der Waals surface area contributed by atoms with E-state index in [0.29, 0.717) is 40.5 Å². The molecule has 4 rings (SSSR count). The summed E-state index contributed by atoms with van der Waals surface area (Å²) in [5.74, 6) is 0.0556. The molecule has 158 valence electrons. The second-order valence-electron chi connectivity index (χ2n) is 7.34. The van der Waals surface area contributed by atoms with E-state index in [-0.39, 0.29) is 11.4 Å². The molecule has 0 fully saturated rings. The number of aromatic carboxylic acids is 1. The van der Waals surface area contributed by atoms with Crippen molar-refractivity contribution in [3.63, 3.8) is 0 Å². The van der Waals surface area contributed by atoms with Crippen molar-refractivity contribution < 1.29 is 14.3 Å². The molecule has 31 heavy (non-hydrogen) atoms. The zero-order valence-corrected chi connectivity index (χ0v) is 17.3. The molecule has 0 unspecified atom stereocenters. The number of nitrogens with zero attached hydrogens (tertiary/aromatic N) is 4. The Hall–Kier alpha value is -4.01. The minimum Gasteiger partial charge on any atom is -0.478 e. The summed E-state index contributed by atoms with van der Waals surface area (Å²) < 4.78 is 13.5. The number of carboxylic acid groups (broad SMARTS) is 1. The Labute approximate surface area is 177 Å². The molecule has 0 aliphatic carbocycles. The number of fused-ring (bicyclic) bond motifs is 1. The molecule has 0 amide bonds. The molecule has 2 heterocycles. The smallest absolute Gasteiger partial charge is 0.337 e. The highest BCUT2D eigenvalue weighted by Crippen LogP contribution is 2.33. The van der Waals surface area contributed by atoms with Gasteiger partial charge in [0.25, 0.3) is 0 Å². The predicted octanol–water partition coefficient (Wildman–Crippen LogP) is 3.84. The van der Waals surface area contributed by atoms with Crippen LogP contribution < -0.4 is 10.2 Å². The Morgan fingerprint density at radius 1 is 1.19 bits per heavy atom. The lowest BCUT2D eigenvalue weighted by atomic mass is 10.1. The molecule has 0 saturated carbocycles. The summed E-state index contributed by atoms with van der Waals surface area (Å²) in [7, 11) is 3.66. The molecule has 2 aromatic carbocycles. The number of aromatic amines is 1. The van der Waals surface area contributed by atoms with Crippen molar-refractivity contribution >= 4 is 28.5 Å². The first-order valence-electron chi connectivity index (χ1n) is 9.60. The van der Waals surface area contributed by atoms with E-state index in [1.807, 2.05) is 33.2 Å². The maximum absolute atomic E-state index is 13.5. The van der Waals surface area contributed by atoms with E-state index in [2.05, 4.69) is 25.5 Å². The van der Waals surface area contributed by atoms with Gasteiger partial charge < -0.3 is 20.3 Å². The third-order valence-corrected chi connectivity index (χ3v) is 4.92. The van der Waals surface area contributed by atoms with E-state index >= 15 is 0 Å². The fourth-order valence-electron chi connectivity index (χ4n) is 3.49. The lowest BCUT2D eigenvalue weighted by Gasteiger charge is -2.16. The Kier molecular flexibility index (Phi) is 5.24. The fourth-order valence-corrected chi connectivity index (χ4v) is 3.49. The zero-order chi connectivity index (χ0) is 22.1. The van der Waals surface area contributed by atoms with Gasteiger partial charge in [-0.3, -0.25) is 0 Å². The highest BCUT2D eigenvalue weighted by molar-refractivity contribution is 6.07. The van der Waals surface area contributed by atoms with E-state index < -0.39 is 5.97 Å². The Morgan fingerprint density at radius 2 is 1.97 bits per heavy atom. The van der Waals surface area contributed by atoms with Crippen molar-refractivity contribution in [2.24, 2.45) is 0 Å². The van der Waals surface area contributed by atoms with E-state index in [0.717, 1.165) is 11.3 Å². The Balaban J connectivity index is 1.78. The molecule has 9 heteroatoms. The number of H-pyrrole nitrogens is 1. The first kappa shape index (κ1) is 20.3. The van der Waals surface area contributed by atoms with Gasteiger partial charge in [0.1, 0.15) is 5.82 Å². The topological polar surface area (TPSA) is 107 Å². The van der Waals surface area contributed by atoms with Gasteiger partial charge in [0.2, 0.25) is 0 Å². The van der Waals surface area contributed by atoms with Crippen LogP contribution >= 0.6 is 0 Å². The number of nitrogens with one attached hydrogen (secondary N) is 2. The number of aromatic nitrogens is 4. The lowest BCUT2D eigenvalue weighted by Crippen LogP contribution is -2.16. The third-order valence-electron chi connectivity index (χ3n) is 4.92. The number of halogens is 1. The highest BCUT2D eigenvalue weighted by Gasteiger charge is 2.20. The SMILES string of the molecule is Cc1[nH]c2c(C(=O)O)cccc2c1-c1nnc(N(C)C)c(NCc2cccc(F)c2)n1. The largest absolute Gasteiger partial charge is 0.478 e. The van der Waals surface area contributed by atoms with E-state index in [9.17, 15) is 14.3 Å². The zero-order valence-electron chi connectivity index (χ0n) is 17.3. The first-order chi connectivity index (χ1) is 14.8. The monoisotopic (exact) mass is 420 g/mol. The van der Waals surface area contributed by atoms with Crippen LogP contribution in [0.4, 0.5) is 16.0 Å². The number of carboxylic acids is 1. The maximum atomic E-state index is 13.5. The van der Waals surface area contributed by atoms with Crippen LogP contribution in [-0.2, 0) is 6.54 Å². The van der Waals surface area contributed by atoms with Crippen molar-refractivity contribution in [1.82, 2.24) is 20.2 Å². The van der Waals surface area contributed by atoms with Gasteiger partial charge in [-0.25, -0.2) is 14.2 Å². The summed E-state index contributed by atoms with van der Waals surface area (Å²) in [6, 6.07) is 11.4. The van der Waals surface area contributed by atoms with Gasteiger partial charge >= 0.3 is 5.97 Å². The van der Waals surface area contributed by atoms with Gasteiger partial charge in [0.15, 0.2) is 17.5 Å². The number of benzene rings is 2. The standard InChI is InChI=1S/C22H21FN6O2/c1-12-17(15-8-5-9-16(22(30)31)18(15)25-12)19-26-20(21(28-27-19)29(2)3)24-11-13-6-4-7-14(23)10-13/h4-10,25H,11H2,1-3H3,(H,30,31)(H,24,26,27). The quantitative estimate of drug-likeness (QED) is 0.435. The molecule has 0 radical (unpaired) electrons. The van der Waals surface area contributed by atoms with Crippen molar-refractivity contribution in [2.75, 3.05) is 24.3 Å². The molecule has 8 nitrogen and oxygen atoms in total. The highest BCUT2D eigenvalue weighted by atomic mass is 19.1. The summed E-state index contributed by atoms with van der Waals surface area (Å²) in [6.45, 7) is 2.19. The van der Waals surface area contributed by atoms with Crippen molar-refractivity contribution in [2.45, 2.75) is 13.5 Å². The predicted molar refractivity (Wildman–Crippen MR) is 117 cm³/mol. The van der Waals surface area contributed by atoms with Crippen LogP contribution in [0.1, 0.15) is 21.6 Å². The van der Waals surface area contributed by atoms with Crippen LogP contribution in [0.25, 0.3) is 22.3 Å². The van der Waals surface area contributed by atoms with Gasteiger partial charge in [0, 0.05) is 37.3 Å². The summed E-state index contributed by atoms with van der Waals surface area (Å²) in [5.41, 5.74) is 2.87. The molecule has 0 bridgehead atoms. The lowest BCUT2D eigenvalue weighted by molar-refractivity contribution is 0.0699. The number of carbonyl (C=O) groups is 1. The summed E-state index contributed by atoms with van der Waals surface area (Å²) >= 11 is 0. The van der Waals surface area contributed by atoms with Gasteiger partial charge in [-0.2, -0.15) is 0 Å². The molecular weight excluding hydrogens is 399 g/mol. The second-order valence-corrected chi connectivity index (χ2v) is 7.34. The molecule has 0 spiro atoms. The van der Waals surface area contributed by atoms with Crippen LogP contribution in [0.3, 0.4) is 0 Å². The van der Waals surface area contributed by atoms with Gasteiger partial charge in [-0.15, -0.1) is 10.2 Å². The number of anilines is 2. The summed E-state index contributed by atoms with van der Waals surface area (Å²) in [4.78, 5) is 21.2. The number of rotatable bonds is 6. The van der Waals surface area contributed by atoms with Crippen molar-refractivity contribution in [1.29, 1.82) is 0 Å². The normalized spacial score (nSPS) is 11.0. The minimum atomic E-state index is -1.02. The molecule has 0 aliphatic heterocycles. The van der Waals surface area contributed by atoms with Crippen molar-refractivity contribution in [3.05, 3.63) is 65.1 Å². The molecule has 3 N–H and O–H groups in total. The Bertz CT molecular complexity index is 1280. The van der Waals surface area contributed by atoms with E-state index in [1.165, 1.54) is 12.1 Å². The van der Waals surface area contributed by atoms with Crippen LogP contribution in [0.15, 0.2) is 42.5 Å². The first-order valence-corrected chi connectivity index (χ1v) is 9.60. The van der Waals surface area contributed by atoms with Gasteiger partial charge in [0.05, 0.1) is 11.1 Å². The fraction of sp³-hybridized carbons (Fsp3) is 0.182. The Morgan fingerprint density at radius 3 is 2.68 bits per heavy atom. The van der Waals surface area contributed by atoms with Gasteiger partial charge in [-0.05, 0) is 30.7 Å². The van der Waals surface area contributed by atoms with Crippen LogP contribution in [-0.4, -0.2) is 45.3 Å². The molecule has 4 aromatic rings. The average molecular weight is 420 g/mol. The molecule has 0 atom stereocenters. The van der Waals surface area contributed by atoms with Crippen LogP contribution in [0, 0.1) is 12.7 Å². The van der Waals surface area contributed by atoms with Crippen LogP contribution in [0.2, 0.25) is 0 Å². The number of hydrogen-bond donors (Lipinski definition) is 3. The summed E-state index contributed by atoms with van der Waals surface area (Å²) in [6.07, 6.45) is 0. The number of aryl methyl sites for hydroxylation is 1. The third kappa shape index (κ3) is 3.89. The number of para-hydroxylation sites is 1. The molecule has 0 aliphatic rings. The summed E-state index contributed by atoms with van der Waals surface area (Å²) in [5, 5.41) is 22.0. The molecule has 0 saturated heterocycles. The van der Waals surface area contributed by atoms with Crippen molar-refractivity contribution in [3.8, 4) is 11.4 Å². The number of hydrogen-bond acceptors (Lipinski definition) is 6. The average Bonchev–Trinajstić information content (AvgIpc) is 3.07. The van der Waals surface area contributed by atoms with Gasteiger partial charge in [-0.1, -0.05) is 24.3 Å². The molecular formula is C22H21FN6O2. The minimum absolute atomic E-state index is 0.175.